The number of sulfonamides is 1. The molecule has 1 aliphatic carbocycles. The lowest BCUT2D eigenvalue weighted by Gasteiger charge is -2.31. The first-order valence-corrected chi connectivity index (χ1v) is 11.3. The molecule has 7 heteroatoms. The number of nitrogens with one attached hydrogen (secondary N) is 1. The monoisotopic (exact) mass is 420 g/mol. The summed E-state index contributed by atoms with van der Waals surface area (Å²) in [6.07, 6.45) is 5.50. The lowest BCUT2D eigenvalue weighted by molar-refractivity contribution is 0.0696. The van der Waals surface area contributed by atoms with Gasteiger partial charge in [-0.3, -0.25) is 9.52 Å². The van der Waals surface area contributed by atoms with Gasteiger partial charge in [-0.05, 0) is 50.1 Å². The Labute approximate surface area is 171 Å². The van der Waals surface area contributed by atoms with Crippen LogP contribution >= 0.6 is 11.6 Å². The summed E-state index contributed by atoms with van der Waals surface area (Å²) in [6, 6.07) is 11.4. The van der Waals surface area contributed by atoms with Gasteiger partial charge in [-0.2, -0.15) is 0 Å². The van der Waals surface area contributed by atoms with Crippen molar-refractivity contribution in [3.63, 3.8) is 0 Å². The number of benzene rings is 2. The zero-order valence-corrected chi connectivity index (χ0v) is 17.7. The van der Waals surface area contributed by atoms with Gasteiger partial charge in [-0.1, -0.05) is 48.6 Å². The fourth-order valence-corrected chi connectivity index (χ4v) is 4.82. The second kappa shape index (κ2) is 8.53. The number of hydrogen-bond donors (Lipinski definition) is 1. The van der Waals surface area contributed by atoms with Crippen molar-refractivity contribution in [2.45, 2.75) is 50.0 Å². The maximum absolute atomic E-state index is 12.8. The smallest absolute Gasteiger partial charge is 0.261 e. The second-order valence-corrected chi connectivity index (χ2v) is 9.41. The minimum Gasteiger partial charge on any atom is -0.339 e. The van der Waals surface area contributed by atoms with E-state index in [4.69, 9.17) is 11.6 Å². The Morgan fingerprint density at radius 3 is 2.32 bits per heavy atom. The molecule has 1 fully saturated rings. The minimum atomic E-state index is -3.72. The molecule has 0 saturated heterocycles. The molecule has 1 saturated carbocycles. The van der Waals surface area contributed by atoms with Gasteiger partial charge in [-0.15, -0.1) is 0 Å². The standard InChI is InChI=1S/C21H25ClN2O3S/c1-15-8-11-18(12-9-15)28(26,27)23-16-10-13-19(20(22)14-16)21(25)24(2)17-6-4-3-5-7-17/h8-14,17,23H,3-7H2,1-2H3. The number of nitrogens with zero attached hydrogens (tertiary/aromatic N) is 1. The fraction of sp³-hybridized carbons (Fsp3) is 0.381. The van der Waals surface area contributed by atoms with E-state index in [9.17, 15) is 13.2 Å². The van der Waals surface area contributed by atoms with Crippen molar-refractivity contribution in [3.8, 4) is 0 Å². The van der Waals surface area contributed by atoms with Gasteiger partial charge in [0, 0.05) is 13.1 Å². The molecule has 5 nitrogen and oxygen atoms in total. The van der Waals surface area contributed by atoms with Crippen molar-refractivity contribution in [1.29, 1.82) is 0 Å². The molecule has 150 valence electrons. The summed E-state index contributed by atoms with van der Waals surface area (Å²) in [7, 11) is -1.91. The zero-order chi connectivity index (χ0) is 20.3. The van der Waals surface area contributed by atoms with Gasteiger partial charge in [0.15, 0.2) is 0 Å². The molecule has 1 N–H and O–H groups in total. The number of anilines is 1. The van der Waals surface area contributed by atoms with Crippen LogP contribution in [0.1, 0.15) is 48.0 Å². The van der Waals surface area contributed by atoms with Crippen LogP contribution in [-0.4, -0.2) is 32.3 Å². The molecule has 3 rings (SSSR count). The van der Waals surface area contributed by atoms with Crippen LogP contribution in [0.2, 0.25) is 5.02 Å². The van der Waals surface area contributed by atoms with Crippen molar-refractivity contribution in [3.05, 3.63) is 58.6 Å². The van der Waals surface area contributed by atoms with E-state index in [0.717, 1.165) is 31.2 Å². The van der Waals surface area contributed by atoms with Crippen LogP contribution in [0.25, 0.3) is 0 Å². The molecule has 0 atom stereocenters. The zero-order valence-electron chi connectivity index (χ0n) is 16.1. The quantitative estimate of drug-likeness (QED) is 0.751. The normalized spacial score (nSPS) is 15.2. The lowest BCUT2D eigenvalue weighted by Crippen LogP contribution is -2.38. The third-order valence-electron chi connectivity index (χ3n) is 5.23. The van der Waals surface area contributed by atoms with Crippen LogP contribution in [0.3, 0.4) is 0 Å². The highest BCUT2D eigenvalue weighted by atomic mass is 35.5. The molecular formula is C21H25ClN2O3S. The van der Waals surface area contributed by atoms with Crippen LogP contribution in [0.4, 0.5) is 5.69 Å². The van der Waals surface area contributed by atoms with Gasteiger partial charge in [0.1, 0.15) is 0 Å². The van der Waals surface area contributed by atoms with Crippen molar-refractivity contribution in [1.82, 2.24) is 4.90 Å². The van der Waals surface area contributed by atoms with Crippen LogP contribution in [0, 0.1) is 6.92 Å². The van der Waals surface area contributed by atoms with Crippen molar-refractivity contribution >= 4 is 33.2 Å². The van der Waals surface area contributed by atoms with Crippen molar-refractivity contribution in [2.75, 3.05) is 11.8 Å². The summed E-state index contributed by atoms with van der Waals surface area (Å²) in [5.41, 5.74) is 1.68. The Morgan fingerprint density at radius 1 is 1.07 bits per heavy atom. The fourth-order valence-electron chi connectivity index (χ4n) is 3.51. The molecule has 1 aliphatic rings. The predicted octanol–water partition coefficient (Wildman–Crippen LogP) is 4.85. The van der Waals surface area contributed by atoms with E-state index in [1.165, 1.54) is 12.5 Å². The maximum atomic E-state index is 12.8. The summed E-state index contributed by atoms with van der Waals surface area (Å²) in [5.74, 6) is -0.134. The Kier molecular flexibility index (Phi) is 6.30. The average Bonchev–Trinajstić information content (AvgIpc) is 2.68. The summed E-state index contributed by atoms with van der Waals surface area (Å²) in [5, 5.41) is 0.233. The van der Waals surface area contributed by atoms with Gasteiger partial charge < -0.3 is 4.90 Å². The van der Waals surface area contributed by atoms with Crippen LogP contribution in [0.15, 0.2) is 47.4 Å². The summed E-state index contributed by atoms with van der Waals surface area (Å²) < 4.78 is 27.6. The first-order valence-electron chi connectivity index (χ1n) is 9.44. The van der Waals surface area contributed by atoms with E-state index < -0.39 is 10.0 Å². The number of amides is 1. The molecule has 0 radical (unpaired) electrons. The van der Waals surface area contributed by atoms with Crippen LogP contribution < -0.4 is 4.72 Å². The Hall–Kier alpha value is -2.05. The number of halogens is 1. The van der Waals surface area contributed by atoms with E-state index >= 15 is 0 Å². The molecular weight excluding hydrogens is 396 g/mol. The van der Waals surface area contributed by atoms with Gasteiger partial charge in [-0.25, -0.2) is 8.42 Å². The molecule has 0 aliphatic heterocycles. The molecule has 0 bridgehead atoms. The molecule has 0 unspecified atom stereocenters. The van der Waals surface area contributed by atoms with Crippen LogP contribution in [0.5, 0.6) is 0 Å². The second-order valence-electron chi connectivity index (χ2n) is 7.32. The van der Waals surface area contributed by atoms with E-state index in [1.54, 1.807) is 41.3 Å². The summed E-state index contributed by atoms with van der Waals surface area (Å²) in [6.45, 7) is 1.89. The SMILES string of the molecule is Cc1ccc(S(=O)(=O)Nc2ccc(C(=O)N(C)C3CCCCC3)c(Cl)c2)cc1. The number of rotatable bonds is 5. The first kappa shape index (κ1) is 20.7. The van der Waals surface area contributed by atoms with E-state index in [-0.39, 0.29) is 21.9 Å². The van der Waals surface area contributed by atoms with Gasteiger partial charge in [0.25, 0.3) is 15.9 Å². The largest absolute Gasteiger partial charge is 0.339 e. The molecule has 2 aromatic rings. The Balaban J connectivity index is 1.76. The van der Waals surface area contributed by atoms with E-state index in [2.05, 4.69) is 4.72 Å². The Morgan fingerprint density at radius 2 is 1.71 bits per heavy atom. The lowest BCUT2D eigenvalue weighted by atomic mass is 9.94. The highest BCUT2D eigenvalue weighted by Gasteiger charge is 2.24. The van der Waals surface area contributed by atoms with Crippen molar-refractivity contribution < 1.29 is 13.2 Å². The predicted molar refractivity (Wildman–Crippen MR) is 112 cm³/mol. The van der Waals surface area contributed by atoms with Gasteiger partial charge in [0.2, 0.25) is 0 Å². The number of hydrogen-bond acceptors (Lipinski definition) is 3. The van der Waals surface area contributed by atoms with E-state index in [1.807, 2.05) is 14.0 Å². The van der Waals surface area contributed by atoms with Gasteiger partial charge in [0.05, 0.1) is 21.2 Å². The molecule has 0 aromatic heterocycles. The average molecular weight is 421 g/mol. The highest BCUT2D eigenvalue weighted by molar-refractivity contribution is 7.92. The molecule has 0 heterocycles. The maximum Gasteiger partial charge on any atom is 0.261 e. The molecule has 28 heavy (non-hydrogen) atoms. The van der Waals surface area contributed by atoms with E-state index in [0.29, 0.717) is 11.3 Å². The van der Waals surface area contributed by atoms with Crippen molar-refractivity contribution in [2.24, 2.45) is 0 Å². The summed E-state index contributed by atoms with van der Waals surface area (Å²) in [4.78, 5) is 14.8. The number of aryl methyl sites for hydroxylation is 1. The highest BCUT2D eigenvalue weighted by Crippen LogP contribution is 2.27. The third kappa shape index (κ3) is 4.67. The third-order valence-corrected chi connectivity index (χ3v) is 6.94. The van der Waals surface area contributed by atoms with Crippen LogP contribution in [-0.2, 0) is 10.0 Å². The molecule has 1 amide bonds. The summed E-state index contributed by atoms with van der Waals surface area (Å²) >= 11 is 6.32. The Bertz CT molecular complexity index is 952. The number of carbonyl (C=O) groups is 1. The topological polar surface area (TPSA) is 66.5 Å². The minimum absolute atomic E-state index is 0.134. The van der Waals surface area contributed by atoms with Gasteiger partial charge >= 0.3 is 0 Å². The number of carbonyl (C=O) groups excluding carboxylic acids is 1. The molecule has 0 spiro atoms. The first-order chi connectivity index (χ1) is 13.3. The molecule has 2 aromatic carbocycles.